The van der Waals surface area contributed by atoms with Crippen LogP contribution in [-0.2, 0) is 5.41 Å². The van der Waals surface area contributed by atoms with Crippen LogP contribution in [0.2, 0.25) is 0 Å². The molecule has 0 saturated heterocycles. The van der Waals surface area contributed by atoms with Gasteiger partial charge in [-0.25, -0.2) is 0 Å². The number of hydrogen-bond donors (Lipinski definition) is 1. The van der Waals surface area contributed by atoms with E-state index in [9.17, 15) is 4.79 Å². The highest BCUT2D eigenvalue weighted by Gasteiger charge is 2.24. The molecular formula is C15H20N2O. The van der Waals surface area contributed by atoms with E-state index in [1.165, 1.54) is 5.56 Å². The van der Waals surface area contributed by atoms with Crippen molar-refractivity contribution in [2.75, 3.05) is 0 Å². The van der Waals surface area contributed by atoms with E-state index >= 15 is 0 Å². The van der Waals surface area contributed by atoms with Gasteiger partial charge < -0.3 is 0 Å². The summed E-state index contributed by atoms with van der Waals surface area (Å²) in [5.74, 6) is 0. The first-order valence-electron chi connectivity index (χ1n) is 6.20. The molecule has 0 aliphatic heterocycles. The summed E-state index contributed by atoms with van der Waals surface area (Å²) in [4.78, 5) is 11.9. The van der Waals surface area contributed by atoms with Crippen molar-refractivity contribution in [3.8, 4) is 5.69 Å². The van der Waals surface area contributed by atoms with Gasteiger partial charge in [-0.05, 0) is 26.0 Å². The van der Waals surface area contributed by atoms with Gasteiger partial charge in [0.05, 0.1) is 11.4 Å². The minimum absolute atomic E-state index is 0.0134. The average molecular weight is 244 g/mol. The van der Waals surface area contributed by atoms with Crippen molar-refractivity contribution in [2.24, 2.45) is 0 Å². The number of benzene rings is 1. The minimum Gasteiger partial charge on any atom is -0.268 e. The first-order chi connectivity index (χ1) is 8.30. The molecule has 0 radical (unpaired) electrons. The molecule has 0 amide bonds. The molecule has 0 bridgehead atoms. The van der Waals surface area contributed by atoms with Gasteiger partial charge in [-0.15, -0.1) is 0 Å². The van der Waals surface area contributed by atoms with Crippen LogP contribution in [0, 0.1) is 13.8 Å². The number of hydrogen-bond acceptors (Lipinski definition) is 1. The Morgan fingerprint density at radius 2 is 1.61 bits per heavy atom. The molecule has 3 nitrogen and oxygen atoms in total. The molecule has 0 spiro atoms. The van der Waals surface area contributed by atoms with Crippen LogP contribution in [0.1, 0.15) is 37.6 Å². The van der Waals surface area contributed by atoms with Crippen molar-refractivity contribution in [3.05, 3.63) is 51.4 Å². The van der Waals surface area contributed by atoms with E-state index in [1.54, 1.807) is 0 Å². The minimum atomic E-state index is -0.0753. The molecule has 0 fully saturated rings. The number of aromatic amines is 1. The molecule has 1 aromatic heterocycles. The zero-order valence-corrected chi connectivity index (χ0v) is 11.7. The van der Waals surface area contributed by atoms with Gasteiger partial charge in [0.2, 0.25) is 0 Å². The predicted molar refractivity (Wildman–Crippen MR) is 74.6 cm³/mol. The van der Waals surface area contributed by atoms with Gasteiger partial charge in [-0.2, -0.15) is 0 Å². The van der Waals surface area contributed by atoms with E-state index < -0.39 is 0 Å². The van der Waals surface area contributed by atoms with E-state index in [0.29, 0.717) is 0 Å². The number of nitrogens with zero attached hydrogens (tertiary/aromatic N) is 1. The molecule has 0 unspecified atom stereocenters. The summed E-state index contributed by atoms with van der Waals surface area (Å²) in [7, 11) is 0. The molecular weight excluding hydrogens is 224 g/mol. The van der Waals surface area contributed by atoms with Gasteiger partial charge >= 0.3 is 0 Å². The van der Waals surface area contributed by atoms with Crippen molar-refractivity contribution >= 4 is 0 Å². The summed E-state index contributed by atoms with van der Waals surface area (Å²) < 4.78 is 1.90. The molecule has 2 rings (SSSR count). The highest BCUT2D eigenvalue weighted by molar-refractivity contribution is 5.38. The van der Waals surface area contributed by atoms with Crippen LogP contribution < -0.4 is 5.56 Å². The number of aromatic nitrogens is 2. The van der Waals surface area contributed by atoms with Gasteiger partial charge in [-0.3, -0.25) is 14.6 Å². The van der Waals surface area contributed by atoms with Crippen LogP contribution in [-0.4, -0.2) is 9.78 Å². The first-order valence-corrected chi connectivity index (χ1v) is 6.20. The van der Waals surface area contributed by atoms with Crippen LogP contribution in [0.25, 0.3) is 5.69 Å². The lowest BCUT2D eigenvalue weighted by Gasteiger charge is -2.22. The van der Waals surface area contributed by atoms with Crippen LogP contribution in [0.5, 0.6) is 0 Å². The average Bonchev–Trinajstić information content (AvgIpc) is 2.56. The van der Waals surface area contributed by atoms with Gasteiger partial charge in [0.25, 0.3) is 5.56 Å². The van der Waals surface area contributed by atoms with E-state index in [0.717, 1.165) is 16.9 Å². The van der Waals surface area contributed by atoms with Gasteiger partial charge in [-0.1, -0.05) is 38.5 Å². The summed E-state index contributed by atoms with van der Waals surface area (Å²) >= 11 is 0. The molecule has 0 atom stereocenters. The van der Waals surface area contributed by atoms with Crippen LogP contribution in [0.15, 0.2) is 29.1 Å². The summed E-state index contributed by atoms with van der Waals surface area (Å²) in [6, 6.07) is 8.16. The fraction of sp³-hybridized carbons (Fsp3) is 0.400. The Morgan fingerprint density at radius 1 is 1.06 bits per heavy atom. The SMILES string of the molecule is Cc1ccc(-n2[nH]c(=O)c(C)c2C(C)(C)C)cc1. The number of H-pyrrole nitrogens is 1. The Balaban J connectivity index is 2.69. The van der Waals surface area contributed by atoms with E-state index in [1.807, 2.05) is 23.7 Å². The predicted octanol–water partition coefficient (Wildman–Crippen LogP) is 3.08. The molecule has 3 heteroatoms. The van der Waals surface area contributed by atoms with Crippen LogP contribution in [0.4, 0.5) is 0 Å². The summed E-state index contributed by atoms with van der Waals surface area (Å²) in [5, 5.41) is 2.92. The smallest absolute Gasteiger partial charge is 0.267 e. The number of aryl methyl sites for hydroxylation is 1. The lowest BCUT2D eigenvalue weighted by Crippen LogP contribution is -2.18. The van der Waals surface area contributed by atoms with Gasteiger partial charge in [0.1, 0.15) is 0 Å². The maximum atomic E-state index is 11.9. The highest BCUT2D eigenvalue weighted by Crippen LogP contribution is 2.26. The summed E-state index contributed by atoms with van der Waals surface area (Å²) in [5.41, 5.74) is 3.95. The molecule has 0 aliphatic carbocycles. The molecule has 0 aliphatic rings. The van der Waals surface area contributed by atoms with E-state index in [2.05, 4.69) is 44.9 Å². The zero-order chi connectivity index (χ0) is 13.5. The lowest BCUT2D eigenvalue weighted by atomic mass is 9.89. The molecule has 96 valence electrons. The zero-order valence-electron chi connectivity index (χ0n) is 11.7. The largest absolute Gasteiger partial charge is 0.268 e. The second-order valence-corrected chi connectivity index (χ2v) is 5.84. The first kappa shape index (κ1) is 12.7. The van der Waals surface area contributed by atoms with Crippen LogP contribution >= 0.6 is 0 Å². The molecule has 2 aromatic rings. The Bertz CT molecular complexity index is 609. The topological polar surface area (TPSA) is 37.8 Å². The monoisotopic (exact) mass is 244 g/mol. The number of nitrogens with one attached hydrogen (secondary N) is 1. The van der Waals surface area contributed by atoms with Crippen molar-refractivity contribution in [2.45, 2.75) is 40.0 Å². The lowest BCUT2D eigenvalue weighted by molar-refractivity contribution is 0.540. The summed E-state index contributed by atoms with van der Waals surface area (Å²) in [6.45, 7) is 10.3. The fourth-order valence-corrected chi connectivity index (χ4v) is 2.30. The van der Waals surface area contributed by atoms with Gasteiger partial charge in [0.15, 0.2) is 0 Å². The standard InChI is InChI=1S/C15H20N2O/c1-10-6-8-12(9-7-10)17-13(15(3,4)5)11(2)14(18)16-17/h6-9H,1-5H3,(H,16,18). The van der Waals surface area contributed by atoms with E-state index in [-0.39, 0.29) is 11.0 Å². The van der Waals surface area contributed by atoms with Crippen molar-refractivity contribution in [1.29, 1.82) is 0 Å². The fourth-order valence-electron chi connectivity index (χ4n) is 2.30. The Kier molecular flexibility index (Phi) is 2.93. The maximum absolute atomic E-state index is 11.9. The summed E-state index contributed by atoms with van der Waals surface area (Å²) in [6.07, 6.45) is 0. The molecule has 1 aromatic carbocycles. The molecule has 18 heavy (non-hydrogen) atoms. The third kappa shape index (κ3) is 2.13. The third-order valence-corrected chi connectivity index (χ3v) is 3.14. The van der Waals surface area contributed by atoms with Crippen molar-refractivity contribution < 1.29 is 0 Å². The Morgan fingerprint density at radius 3 is 2.11 bits per heavy atom. The highest BCUT2D eigenvalue weighted by atomic mass is 16.1. The quantitative estimate of drug-likeness (QED) is 0.822. The van der Waals surface area contributed by atoms with E-state index in [4.69, 9.17) is 0 Å². The van der Waals surface area contributed by atoms with Gasteiger partial charge in [0, 0.05) is 11.0 Å². The normalized spacial score (nSPS) is 11.8. The second-order valence-electron chi connectivity index (χ2n) is 5.84. The van der Waals surface area contributed by atoms with Crippen LogP contribution in [0.3, 0.4) is 0 Å². The van der Waals surface area contributed by atoms with Crippen molar-refractivity contribution in [3.63, 3.8) is 0 Å². The third-order valence-electron chi connectivity index (χ3n) is 3.14. The maximum Gasteiger partial charge on any atom is 0.267 e. The molecule has 0 saturated carbocycles. The number of rotatable bonds is 1. The molecule has 1 heterocycles. The second kappa shape index (κ2) is 4.16. The van der Waals surface area contributed by atoms with Crippen molar-refractivity contribution in [1.82, 2.24) is 9.78 Å². The Hall–Kier alpha value is -1.77. The molecule has 1 N–H and O–H groups in total. The Labute approximate surface area is 107 Å².